The van der Waals surface area contributed by atoms with Crippen molar-refractivity contribution in [1.29, 1.82) is 5.26 Å². The van der Waals surface area contributed by atoms with Crippen molar-refractivity contribution in [2.45, 2.75) is 19.0 Å². The molecule has 0 aliphatic heterocycles. The van der Waals surface area contributed by atoms with Crippen molar-refractivity contribution in [2.75, 3.05) is 13.2 Å². The monoisotopic (exact) mass is 330 g/mol. The van der Waals surface area contributed by atoms with Gasteiger partial charge in [0.25, 0.3) is 0 Å². The van der Waals surface area contributed by atoms with Crippen molar-refractivity contribution >= 4 is 5.97 Å². The number of benzene rings is 1. The Labute approximate surface area is 129 Å². The summed E-state index contributed by atoms with van der Waals surface area (Å²) in [5.41, 5.74) is -0.833. The number of alkyl halides is 3. The molecule has 1 aromatic carbocycles. The summed E-state index contributed by atoms with van der Waals surface area (Å²) in [5, 5.41) is 19.9. The van der Waals surface area contributed by atoms with Crippen molar-refractivity contribution in [1.82, 2.24) is 0 Å². The van der Waals surface area contributed by atoms with Gasteiger partial charge in [0, 0.05) is 4.92 Å². The molecule has 9 heteroatoms. The molecule has 2 atom stereocenters. The van der Waals surface area contributed by atoms with Gasteiger partial charge in [0.2, 0.25) is 6.54 Å². The molecule has 124 valence electrons. The highest BCUT2D eigenvalue weighted by molar-refractivity contribution is 5.76. The predicted molar refractivity (Wildman–Crippen MR) is 71.8 cm³/mol. The summed E-state index contributed by atoms with van der Waals surface area (Å²) in [6, 6.07) is 5.19. The Bertz CT molecular complexity index is 608. The number of nitriles is 1. The molecule has 0 saturated carbocycles. The maximum absolute atomic E-state index is 12.5. The number of hydrogen-bond acceptors (Lipinski definition) is 5. The topological polar surface area (TPSA) is 93.2 Å². The Balaban J connectivity index is 3.18. The summed E-state index contributed by atoms with van der Waals surface area (Å²) in [5.74, 6) is -3.62. The van der Waals surface area contributed by atoms with E-state index >= 15 is 0 Å². The third-order valence-electron chi connectivity index (χ3n) is 3.09. The van der Waals surface area contributed by atoms with Crippen LogP contribution in [0.1, 0.15) is 24.0 Å². The Kier molecular flexibility index (Phi) is 6.07. The molecule has 0 aromatic heterocycles. The molecule has 23 heavy (non-hydrogen) atoms. The first-order valence-corrected chi connectivity index (χ1v) is 6.55. The maximum atomic E-state index is 12.5. The normalized spacial score (nSPS) is 13.7. The molecule has 6 nitrogen and oxygen atoms in total. The van der Waals surface area contributed by atoms with E-state index in [4.69, 9.17) is 10.00 Å². The molecule has 0 amide bonds. The van der Waals surface area contributed by atoms with E-state index in [1.807, 2.05) is 0 Å². The average molecular weight is 330 g/mol. The Morgan fingerprint density at radius 3 is 2.35 bits per heavy atom. The summed E-state index contributed by atoms with van der Waals surface area (Å²) in [7, 11) is 0. The van der Waals surface area contributed by atoms with E-state index in [9.17, 15) is 28.1 Å². The van der Waals surface area contributed by atoms with Crippen molar-refractivity contribution in [2.24, 2.45) is 5.92 Å². The molecule has 0 spiro atoms. The van der Waals surface area contributed by atoms with Crippen LogP contribution in [0.5, 0.6) is 0 Å². The van der Waals surface area contributed by atoms with Crippen LogP contribution in [-0.4, -0.2) is 24.0 Å². The van der Waals surface area contributed by atoms with Gasteiger partial charge in [-0.25, -0.2) is 0 Å². The number of hydrogen-bond donors (Lipinski definition) is 0. The molecule has 0 fully saturated rings. The first-order chi connectivity index (χ1) is 10.7. The van der Waals surface area contributed by atoms with Gasteiger partial charge in [-0.3, -0.25) is 14.9 Å². The Hall–Kier alpha value is -2.63. The van der Waals surface area contributed by atoms with Crippen LogP contribution >= 0.6 is 0 Å². The summed E-state index contributed by atoms with van der Waals surface area (Å²) in [6.07, 6.45) is -4.55. The second kappa shape index (κ2) is 7.58. The molecule has 2 unspecified atom stereocenters. The van der Waals surface area contributed by atoms with Crippen molar-refractivity contribution in [3.05, 3.63) is 45.5 Å². The number of carbonyl (C=O) groups excluding carboxylic acids is 1. The fourth-order valence-electron chi connectivity index (χ4n) is 2.02. The largest absolute Gasteiger partial charge is 0.465 e. The minimum absolute atomic E-state index is 0.0186. The number of nitro groups is 1. The minimum Gasteiger partial charge on any atom is -0.465 e. The Morgan fingerprint density at radius 2 is 1.96 bits per heavy atom. The van der Waals surface area contributed by atoms with E-state index < -0.39 is 41.0 Å². The number of rotatable bonds is 6. The van der Waals surface area contributed by atoms with E-state index in [1.54, 1.807) is 6.07 Å². The van der Waals surface area contributed by atoms with E-state index in [1.165, 1.54) is 6.92 Å². The quantitative estimate of drug-likeness (QED) is 0.454. The van der Waals surface area contributed by atoms with Gasteiger partial charge < -0.3 is 4.74 Å². The van der Waals surface area contributed by atoms with Gasteiger partial charge in [-0.05, 0) is 24.6 Å². The molecule has 0 aliphatic carbocycles. The lowest BCUT2D eigenvalue weighted by Gasteiger charge is -2.18. The summed E-state index contributed by atoms with van der Waals surface area (Å²) >= 11 is 0. The molecule has 1 rings (SSSR count). The second-order valence-corrected chi connectivity index (χ2v) is 4.60. The smallest absolute Gasteiger partial charge is 0.416 e. The van der Waals surface area contributed by atoms with Gasteiger partial charge in [0.15, 0.2) is 5.92 Å². The molecule has 0 N–H and O–H groups in total. The summed E-state index contributed by atoms with van der Waals surface area (Å²) < 4.78 is 42.3. The van der Waals surface area contributed by atoms with Crippen LogP contribution in [0.3, 0.4) is 0 Å². The van der Waals surface area contributed by atoms with Crippen LogP contribution in [0.2, 0.25) is 0 Å². The molecular weight excluding hydrogens is 317 g/mol. The summed E-state index contributed by atoms with van der Waals surface area (Å²) in [6.45, 7) is 0.713. The van der Waals surface area contributed by atoms with Crippen LogP contribution in [0, 0.1) is 27.4 Å². The lowest BCUT2D eigenvalue weighted by molar-refractivity contribution is -0.484. The fourth-order valence-corrected chi connectivity index (χ4v) is 2.02. The molecule has 1 aromatic rings. The minimum atomic E-state index is -4.55. The first kappa shape index (κ1) is 18.4. The molecule has 0 bridgehead atoms. The van der Waals surface area contributed by atoms with Crippen molar-refractivity contribution in [3.8, 4) is 6.07 Å². The lowest BCUT2D eigenvalue weighted by atomic mass is 9.86. The third-order valence-corrected chi connectivity index (χ3v) is 3.09. The fraction of sp³-hybridized carbons (Fsp3) is 0.429. The van der Waals surface area contributed by atoms with E-state index in [0.29, 0.717) is 0 Å². The van der Waals surface area contributed by atoms with Gasteiger partial charge >= 0.3 is 12.1 Å². The zero-order valence-corrected chi connectivity index (χ0v) is 12.0. The van der Waals surface area contributed by atoms with Crippen LogP contribution in [0.15, 0.2) is 24.3 Å². The summed E-state index contributed by atoms with van der Waals surface area (Å²) in [4.78, 5) is 21.8. The zero-order chi connectivity index (χ0) is 17.6. The number of ether oxygens (including phenoxy) is 1. The van der Waals surface area contributed by atoms with Gasteiger partial charge in [0.05, 0.1) is 24.2 Å². The van der Waals surface area contributed by atoms with Crippen LogP contribution in [0.4, 0.5) is 13.2 Å². The molecule has 0 saturated heterocycles. The maximum Gasteiger partial charge on any atom is 0.416 e. The number of carbonyl (C=O) groups is 1. The van der Waals surface area contributed by atoms with Crippen molar-refractivity contribution in [3.63, 3.8) is 0 Å². The molecular formula is C14H13F3N2O4. The van der Waals surface area contributed by atoms with E-state index in [0.717, 1.165) is 24.3 Å². The van der Waals surface area contributed by atoms with E-state index in [2.05, 4.69) is 0 Å². The highest BCUT2D eigenvalue weighted by Gasteiger charge is 2.36. The predicted octanol–water partition coefficient (Wildman–Crippen LogP) is 2.77. The molecule has 0 radical (unpaired) electrons. The van der Waals surface area contributed by atoms with Gasteiger partial charge in [-0.2, -0.15) is 18.4 Å². The number of nitrogens with zero attached hydrogens (tertiary/aromatic N) is 2. The highest BCUT2D eigenvalue weighted by Crippen LogP contribution is 2.32. The third kappa shape index (κ3) is 4.95. The van der Waals surface area contributed by atoms with Crippen LogP contribution in [0.25, 0.3) is 0 Å². The highest BCUT2D eigenvalue weighted by atomic mass is 19.4. The zero-order valence-electron chi connectivity index (χ0n) is 12.0. The standard InChI is InChI=1S/C14H13F3N2O4/c1-2-23-13(20)11(7-18)12(8-19(21)22)9-3-5-10(6-4-9)14(15,16)17/h3-6,11-12H,2,8H2,1H3. The molecule has 0 aliphatic rings. The first-order valence-electron chi connectivity index (χ1n) is 6.55. The number of halogens is 3. The Morgan fingerprint density at radius 1 is 1.39 bits per heavy atom. The van der Waals surface area contributed by atoms with Crippen LogP contribution < -0.4 is 0 Å². The molecule has 0 heterocycles. The average Bonchev–Trinajstić information content (AvgIpc) is 2.46. The van der Waals surface area contributed by atoms with Crippen molar-refractivity contribution < 1.29 is 27.6 Å². The van der Waals surface area contributed by atoms with Gasteiger partial charge in [-0.1, -0.05) is 12.1 Å². The van der Waals surface area contributed by atoms with Gasteiger partial charge in [-0.15, -0.1) is 0 Å². The van der Waals surface area contributed by atoms with Gasteiger partial charge in [0.1, 0.15) is 0 Å². The lowest BCUT2D eigenvalue weighted by Crippen LogP contribution is -2.28. The second-order valence-electron chi connectivity index (χ2n) is 4.60. The van der Waals surface area contributed by atoms with E-state index in [-0.39, 0.29) is 12.2 Å². The SMILES string of the molecule is CCOC(=O)C(C#N)C(C[N+](=O)[O-])c1ccc(C(F)(F)F)cc1. The van der Waals surface area contributed by atoms with Crippen LogP contribution in [-0.2, 0) is 15.7 Å². The number of esters is 1.